The van der Waals surface area contributed by atoms with Crippen LogP contribution >= 0.6 is 11.8 Å². The summed E-state index contributed by atoms with van der Waals surface area (Å²) in [6, 6.07) is 2.64. The van der Waals surface area contributed by atoms with Crippen molar-refractivity contribution < 1.29 is 27.4 Å². The van der Waals surface area contributed by atoms with E-state index in [0.717, 1.165) is 43.2 Å². The smallest absolute Gasteiger partial charge is 0.416 e. The molecule has 0 unspecified atom stereocenters. The molecule has 3 rings (SSSR count). The minimum Gasteiger partial charge on any atom is -0.496 e. The van der Waals surface area contributed by atoms with E-state index in [2.05, 4.69) is 5.32 Å². The van der Waals surface area contributed by atoms with Crippen LogP contribution in [-0.4, -0.2) is 44.4 Å². The Morgan fingerprint density at radius 1 is 1.32 bits per heavy atom. The number of benzene rings is 1. The third-order valence-corrected chi connectivity index (χ3v) is 6.35. The Hall–Kier alpha value is -1.25. The molecular formula is C20H26F3NO3S. The highest BCUT2D eigenvalue weighted by molar-refractivity contribution is 7.98. The van der Waals surface area contributed by atoms with Crippen LogP contribution in [0.25, 0.3) is 0 Å². The maximum atomic E-state index is 13.2. The third kappa shape index (κ3) is 4.83. The van der Waals surface area contributed by atoms with E-state index >= 15 is 0 Å². The molecule has 0 bridgehead atoms. The van der Waals surface area contributed by atoms with Gasteiger partial charge in [0.25, 0.3) is 0 Å². The first-order valence-electron chi connectivity index (χ1n) is 9.53. The molecule has 1 aliphatic heterocycles. The van der Waals surface area contributed by atoms with Crippen molar-refractivity contribution in [2.24, 2.45) is 5.92 Å². The number of ketones is 1. The zero-order valence-corrected chi connectivity index (χ0v) is 16.9. The largest absolute Gasteiger partial charge is 0.496 e. The molecule has 28 heavy (non-hydrogen) atoms. The predicted octanol–water partition coefficient (Wildman–Crippen LogP) is 4.56. The summed E-state index contributed by atoms with van der Waals surface area (Å²) in [4.78, 5) is 13.4. The van der Waals surface area contributed by atoms with Crippen molar-refractivity contribution in [3.63, 3.8) is 0 Å². The normalized spacial score (nSPS) is 23.3. The topological polar surface area (TPSA) is 47.6 Å². The van der Waals surface area contributed by atoms with Crippen LogP contribution in [0.5, 0.6) is 5.75 Å². The molecule has 4 nitrogen and oxygen atoms in total. The van der Waals surface area contributed by atoms with Crippen LogP contribution in [-0.2, 0) is 10.9 Å². The van der Waals surface area contributed by atoms with Crippen LogP contribution in [0.3, 0.4) is 0 Å². The monoisotopic (exact) mass is 417 g/mol. The lowest BCUT2D eigenvalue weighted by Gasteiger charge is -2.38. The van der Waals surface area contributed by atoms with Crippen LogP contribution in [0, 0.1) is 5.92 Å². The number of carbonyl (C=O) groups excluding carboxylic acids is 1. The molecule has 0 amide bonds. The molecule has 156 valence electrons. The van der Waals surface area contributed by atoms with Gasteiger partial charge < -0.3 is 14.8 Å². The zero-order valence-electron chi connectivity index (χ0n) is 16.1. The maximum Gasteiger partial charge on any atom is 0.416 e. The Balaban J connectivity index is 1.82. The van der Waals surface area contributed by atoms with Gasteiger partial charge in [-0.3, -0.25) is 4.79 Å². The molecule has 1 saturated carbocycles. The Bertz CT molecular complexity index is 681. The van der Waals surface area contributed by atoms with Gasteiger partial charge in [0.05, 0.1) is 24.8 Å². The highest BCUT2D eigenvalue weighted by Gasteiger charge is 2.35. The SMILES string of the molecule is COc1cc(C(F)(F)F)cc(SC)c1C(=O)C[C@H]1COCC[C@@H]1NC1CCC1. The van der Waals surface area contributed by atoms with E-state index in [1.165, 1.54) is 13.5 Å². The van der Waals surface area contributed by atoms with Gasteiger partial charge in [0.1, 0.15) is 5.75 Å². The van der Waals surface area contributed by atoms with Crippen LogP contribution < -0.4 is 10.1 Å². The van der Waals surface area contributed by atoms with Gasteiger partial charge in [0.2, 0.25) is 0 Å². The van der Waals surface area contributed by atoms with Crippen molar-refractivity contribution in [3.05, 3.63) is 23.3 Å². The first kappa shape index (κ1) is 21.5. The Kier molecular flexibility index (Phi) is 6.94. The quantitative estimate of drug-likeness (QED) is 0.521. The zero-order chi connectivity index (χ0) is 20.3. The number of thioether (sulfide) groups is 1. The highest BCUT2D eigenvalue weighted by atomic mass is 32.2. The second kappa shape index (κ2) is 9.05. The summed E-state index contributed by atoms with van der Waals surface area (Å²) in [5.41, 5.74) is -0.577. The average Bonchev–Trinajstić information content (AvgIpc) is 2.63. The highest BCUT2D eigenvalue weighted by Crippen LogP contribution is 2.39. The van der Waals surface area contributed by atoms with E-state index in [0.29, 0.717) is 19.3 Å². The van der Waals surface area contributed by atoms with Crippen molar-refractivity contribution in [2.45, 2.75) is 55.3 Å². The first-order valence-corrected chi connectivity index (χ1v) is 10.8. The lowest BCUT2D eigenvalue weighted by Crippen LogP contribution is -2.50. The number of alkyl halides is 3. The molecule has 1 heterocycles. The fourth-order valence-electron chi connectivity index (χ4n) is 3.79. The third-order valence-electron chi connectivity index (χ3n) is 5.59. The van der Waals surface area contributed by atoms with E-state index in [-0.39, 0.29) is 40.4 Å². The standard InChI is InChI=1S/C20H26F3NO3S/c1-26-17-9-13(20(21,22)23)10-18(28-2)19(17)16(25)8-12-11-27-7-6-15(12)24-14-4-3-5-14/h9-10,12,14-15,24H,3-8,11H2,1-2H3/t12-,15-/m0/s1. The molecular weight excluding hydrogens is 391 g/mol. The van der Waals surface area contributed by atoms with E-state index in [9.17, 15) is 18.0 Å². The molecule has 2 aliphatic rings. The van der Waals surface area contributed by atoms with Gasteiger partial charge in [0.15, 0.2) is 5.78 Å². The van der Waals surface area contributed by atoms with Crippen LogP contribution in [0.1, 0.15) is 48.0 Å². The van der Waals surface area contributed by atoms with Crippen molar-refractivity contribution in [1.82, 2.24) is 5.32 Å². The van der Waals surface area contributed by atoms with Gasteiger partial charge in [-0.2, -0.15) is 13.2 Å². The second-order valence-corrected chi connectivity index (χ2v) is 8.25. The van der Waals surface area contributed by atoms with Crippen molar-refractivity contribution in [2.75, 3.05) is 26.6 Å². The summed E-state index contributed by atoms with van der Waals surface area (Å²) >= 11 is 1.12. The molecule has 1 aliphatic carbocycles. The summed E-state index contributed by atoms with van der Waals surface area (Å²) in [7, 11) is 1.29. The summed E-state index contributed by atoms with van der Waals surface area (Å²) in [5.74, 6) is -0.223. The van der Waals surface area contributed by atoms with E-state index in [1.54, 1.807) is 6.26 Å². The number of Topliss-reactive ketones (excluding diaryl/α,β-unsaturated/α-hetero) is 1. The molecule has 1 saturated heterocycles. The number of nitrogens with one attached hydrogen (secondary N) is 1. The molecule has 1 N–H and O–H groups in total. The van der Waals surface area contributed by atoms with Crippen molar-refractivity contribution >= 4 is 17.5 Å². The number of hydrogen-bond acceptors (Lipinski definition) is 5. The second-order valence-electron chi connectivity index (χ2n) is 7.41. The molecule has 1 aromatic carbocycles. The molecule has 0 radical (unpaired) electrons. The molecule has 0 aromatic heterocycles. The number of methoxy groups -OCH3 is 1. The molecule has 0 spiro atoms. The fourth-order valence-corrected chi connectivity index (χ4v) is 4.45. The molecule has 8 heteroatoms. The summed E-state index contributed by atoms with van der Waals surface area (Å²) in [6.07, 6.45) is 1.77. The molecule has 1 aromatic rings. The predicted molar refractivity (Wildman–Crippen MR) is 102 cm³/mol. The van der Waals surface area contributed by atoms with Gasteiger partial charge in [-0.15, -0.1) is 11.8 Å². The van der Waals surface area contributed by atoms with Gasteiger partial charge in [0, 0.05) is 35.9 Å². The van der Waals surface area contributed by atoms with Crippen LogP contribution in [0.15, 0.2) is 17.0 Å². The maximum absolute atomic E-state index is 13.2. The number of halogens is 3. The van der Waals surface area contributed by atoms with E-state index in [4.69, 9.17) is 9.47 Å². The number of ether oxygens (including phenoxy) is 2. The first-order chi connectivity index (χ1) is 13.3. The molecule has 2 atom stereocenters. The van der Waals surface area contributed by atoms with Crippen molar-refractivity contribution in [3.8, 4) is 5.75 Å². The van der Waals surface area contributed by atoms with Crippen molar-refractivity contribution in [1.29, 1.82) is 0 Å². The lowest BCUT2D eigenvalue weighted by molar-refractivity contribution is -0.137. The Labute approximate surface area is 167 Å². The fraction of sp³-hybridized carbons (Fsp3) is 0.650. The van der Waals surface area contributed by atoms with Gasteiger partial charge >= 0.3 is 6.18 Å². The lowest BCUT2D eigenvalue weighted by atomic mass is 9.85. The summed E-state index contributed by atoms with van der Waals surface area (Å²) < 4.78 is 50.2. The summed E-state index contributed by atoms with van der Waals surface area (Å²) in [6.45, 7) is 1.14. The number of hydrogen-bond donors (Lipinski definition) is 1. The minimum absolute atomic E-state index is 0.00329. The Morgan fingerprint density at radius 2 is 2.07 bits per heavy atom. The Morgan fingerprint density at radius 3 is 2.64 bits per heavy atom. The van der Waals surface area contributed by atoms with E-state index < -0.39 is 11.7 Å². The minimum atomic E-state index is -4.49. The summed E-state index contributed by atoms with van der Waals surface area (Å²) in [5, 5.41) is 3.63. The number of carbonyl (C=O) groups is 1. The number of rotatable bonds is 7. The molecule has 2 fully saturated rings. The van der Waals surface area contributed by atoms with Gasteiger partial charge in [-0.25, -0.2) is 0 Å². The van der Waals surface area contributed by atoms with Gasteiger partial charge in [-0.05, 0) is 37.7 Å². The average molecular weight is 417 g/mol. The van der Waals surface area contributed by atoms with E-state index in [1.807, 2.05) is 0 Å². The van der Waals surface area contributed by atoms with Gasteiger partial charge in [-0.1, -0.05) is 6.42 Å². The van der Waals surface area contributed by atoms with Crippen LogP contribution in [0.4, 0.5) is 13.2 Å². The van der Waals surface area contributed by atoms with Crippen LogP contribution in [0.2, 0.25) is 0 Å².